The van der Waals surface area contributed by atoms with Crippen LogP contribution in [0, 0.1) is 5.92 Å². The second-order valence-electron chi connectivity index (χ2n) is 9.99. The van der Waals surface area contributed by atoms with Crippen LogP contribution in [0.15, 0.2) is 35.9 Å². The lowest BCUT2D eigenvalue weighted by Gasteiger charge is -2.23. The van der Waals surface area contributed by atoms with E-state index in [-0.39, 0.29) is 24.3 Å². The Kier molecular flexibility index (Phi) is 6.91. The van der Waals surface area contributed by atoms with Gasteiger partial charge >= 0.3 is 0 Å². The molecule has 0 bridgehead atoms. The van der Waals surface area contributed by atoms with Gasteiger partial charge in [0.1, 0.15) is 18.1 Å². The fourth-order valence-electron chi connectivity index (χ4n) is 5.37. The van der Waals surface area contributed by atoms with Crippen LogP contribution in [-0.4, -0.2) is 53.7 Å². The van der Waals surface area contributed by atoms with Gasteiger partial charge in [-0.15, -0.1) is 0 Å². The Morgan fingerprint density at radius 3 is 2.76 bits per heavy atom. The van der Waals surface area contributed by atoms with Gasteiger partial charge < -0.3 is 19.7 Å². The highest BCUT2D eigenvalue weighted by Gasteiger charge is 2.34. The van der Waals surface area contributed by atoms with E-state index in [1.807, 2.05) is 35.6 Å². The molecule has 194 valence electrons. The Balaban J connectivity index is 1.58. The van der Waals surface area contributed by atoms with Gasteiger partial charge in [-0.1, -0.05) is 23.8 Å². The maximum absolute atomic E-state index is 13.9. The van der Waals surface area contributed by atoms with Crippen molar-refractivity contribution in [3.8, 4) is 22.8 Å². The molecule has 1 atom stereocenters. The van der Waals surface area contributed by atoms with E-state index in [9.17, 15) is 9.59 Å². The van der Waals surface area contributed by atoms with Crippen LogP contribution in [-0.2, 0) is 11.4 Å². The van der Waals surface area contributed by atoms with Crippen molar-refractivity contribution in [2.75, 3.05) is 27.2 Å². The summed E-state index contributed by atoms with van der Waals surface area (Å²) < 4.78 is 13.7. The number of hydrogen-bond acceptors (Lipinski definition) is 5. The van der Waals surface area contributed by atoms with E-state index in [1.165, 1.54) is 0 Å². The summed E-state index contributed by atoms with van der Waals surface area (Å²) in [6.45, 7) is 5.48. The number of carbonyl (C=O) groups is 2. The van der Waals surface area contributed by atoms with Crippen LogP contribution in [0.1, 0.15) is 61.1 Å². The number of aromatic nitrogens is 2. The Bertz CT molecular complexity index is 1330. The van der Waals surface area contributed by atoms with Gasteiger partial charge in [0, 0.05) is 48.8 Å². The van der Waals surface area contributed by atoms with Crippen molar-refractivity contribution in [2.45, 2.75) is 46.1 Å². The molecule has 1 aromatic carbocycles. The van der Waals surface area contributed by atoms with Crippen LogP contribution in [0.5, 0.6) is 11.5 Å². The van der Waals surface area contributed by atoms with Gasteiger partial charge in [0.05, 0.1) is 18.5 Å². The third-order valence-electron chi connectivity index (χ3n) is 7.22. The molecule has 8 heteroatoms. The maximum atomic E-state index is 13.9. The van der Waals surface area contributed by atoms with Crippen molar-refractivity contribution >= 4 is 23.6 Å². The smallest absolute Gasteiger partial charge is 0.274 e. The van der Waals surface area contributed by atoms with Crippen molar-refractivity contribution in [3.63, 3.8) is 0 Å². The molecule has 2 aromatic rings. The molecule has 3 heterocycles. The van der Waals surface area contributed by atoms with E-state index < -0.39 is 0 Å². The number of rotatable bonds is 5. The van der Waals surface area contributed by atoms with Gasteiger partial charge in [-0.2, -0.15) is 5.10 Å². The molecule has 2 amide bonds. The van der Waals surface area contributed by atoms with Crippen molar-refractivity contribution in [1.29, 1.82) is 0 Å². The summed E-state index contributed by atoms with van der Waals surface area (Å²) in [7, 11) is 3.32. The highest BCUT2D eigenvalue weighted by Crippen LogP contribution is 2.44. The second-order valence-corrected chi connectivity index (χ2v) is 9.99. The number of fused-ring (bicyclic) bond motifs is 3. The molecular weight excluding hydrogens is 468 g/mol. The molecule has 0 spiro atoms. The molecule has 1 fully saturated rings. The zero-order chi connectivity index (χ0) is 26.1. The number of nitrogens with zero attached hydrogens (tertiary/aromatic N) is 3. The zero-order valence-corrected chi connectivity index (χ0v) is 22.0. The van der Waals surface area contributed by atoms with Crippen molar-refractivity contribution in [3.05, 3.63) is 52.8 Å². The number of likely N-dealkylation sites (tertiary alicyclic amines) is 1. The Hall–Kier alpha value is -3.81. The van der Waals surface area contributed by atoms with Gasteiger partial charge in [-0.3, -0.25) is 9.59 Å². The average molecular weight is 503 g/mol. The summed E-state index contributed by atoms with van der Waals surface area (Å²) in [4.78, 5) is 27.9. The van der Waals surface area contributed by atoms with E-state index in [0.717, 1.165) is 58.7 Å². The van der Waals surface area contributed by atoms with Gasteiger partial charge in [0.2, 0.25) is 5.91 Å². The number of hydrogen-bond donors (Lipinski definition) is 1. The van der Waals surface area contributed by atoms with Crippen LogP contribution in [0.25, 0.3) is 23.0 Å². The molecule has 1 unspecified atom stereocenters. The molecule has 1 N–H and O–H groups in total. The summed E-state index contributed by atoms with van der Waals surface area (Å²) >= 11 is 0. The van der Waals surface area contributed by atoms with E-state index in [4.69, 9.17) is 14.6 Å². The third kappa shape index (κ3) is 4.68. The van der Waals surface area contributed by atoms with E-state index in [0.29, 0.717) is 31.0 Å². The van der Waals surface area contributed by atoms with E-state index in [2.05, 4.69) is 29.6 Å². The van der Waals surface area contributed by atoms with Crippen LogP contribution >= 0.6 is 0 Å². The largest absolute Gasteiger partial charge is 0.496 e. The molecule has 0 saturated carbocycles. The predicted molar refractivity (Wildman–Crippen MR) is 143 cm³/mol. The monoisotopic (exact) mass is 502 g/mol. The average Bonchev–Trinajstić information content (AvgIpc) is 3.49. The topological polar surface area (TPSA) is 85.7 Å². The number of nitrogens with one attached hydrogen (secondary N) is 1. The Labute approximate surface area is 217 Å². The molecule has 5 rings (SSSR count). The number of amides is 2. The molecule has 0 radical (unpaired) electrons. The van der Waals surface area contributed by atoms with E-state index in [1.54, 1.807) is 14.2 Å². The van der Waals surface area contributed by atoms with Crippen LogP contribution in [0.4, 0.5) is 0 Å². The fourth-order valence-corrected chi connectivity index (χ4v) is 5.37. The highest BCUT2D eigenvalue weighted by atomic mass is 16.5. The van der Waals surface area contributed by atoms with Crippen LogP contribution in [0.3, 0.4) is 0 Å². The first kappa shape index (κ1) is 24.9. The maximum Gasteiger partial charge on any atom is 0.274 e. The number of ether oxygens (including phenoxy) is 2. The first-order chi connectivity index (χ1) is 17.9. The third-order valence-corrected chi connectivity index (χ3v) is 7.22. The minimum Gasteiger partial charge on any atom is -0.496 e. The summed E-state index contributed by atoms with van der Waals surface area (Å²) in [6, 6.07) is 3.98. The molecule has 37 heavy (non-hydrogen) atoms. The van der Waals surface area contributed by atoms with Crippen molar-refractivity contribution in [2.24, 2.45) is 5.92 Å². The lowest BCUT2D eigenvalue weighted by Crippen LogP contribution is -2.34. The Morgan fingerprint density at radius 1 is 1.22 bits per heavy atom. The SMILES string of the molecule is CNC(=O)C1CCCN(C(=O)c2nn(C3=CCC=C3)c3c2COc2cc(OC)c(C=C(C)C)cc2-3)CC1. The summed E-state index contributed by atoms with van der Waals surface area (Å²) in [5, 5.41) is 7.63. The van der Waals surface area contributed by atoms with Gasteiger partial charge in [-0.05, 0) is 51.7 Å². The van der Waals surface area contributed by atoms with Gasteiger partial charge in [0.15, 0.2) is 5.69 Å². The fraction of sp³-hybridized carbons (Fsp3) is 0.414. The summed E-state index contributed by atoms with van der Waals surface area (Å²) in [5.74, 6) is 1.31. The lowest BCUT2D eigenvalue weighted by molar-refractivity contribution is -0.124. The number of carbonyl (C=O) groups excluding carboxylic acids is 2. The zero-order valence-electron chi connectivity index (χ0n) is 22.0. The quantitative estimate of drug-likeness (QED) is 0.643. The first-order valence-corrected chi connectivity index (χ1v) is 12.9. The van der Waals surface area contributed by atoms with Crippen molar-refractivity contribution < 1.29 is 19.1 Å². The minimum absolute atomic E-state index is 0.0449. The Morgan fingerprint density at radius 2 is 2.05 bits per heavy atom. The normalized spacial score (nSPS) is 18.2. The van der Waals surface area contributed by atoms with Gasteiger partial charge in [0.25, 0.3) is 5.91 Å². The van der Waals surface area contributed by atoms with Crippen LogP contribution < -0.4 is 14.8 Å². The molecular formula is C29H34N4O4. The minimum atomic E-state index is -0.111. The molecule has 1 saturated heterocycles. The number of methoxy groups -OCH3 is 1. The molecule has 3 aliphatic rings. The molecule has 8 nitrogen and oxygen atoms in total. The molecule has 1 aromatic heterocycles. The summed E-state index contributed by atoms with van der Waals surface area (Å²) in [5.41, 5.74) is 6.01. The lowest BCUT2D eigenvalue weighted by atomic mass is 9.98. The number of benzene rings is 1. The standard InChI is InChI=1S/C29H34N4O4/c1-18(2)14-20-15-22-25(16-24(20)36-4)37-17-23-26(31-33(27(22)23)21-9-5-6-10-21)29(35)32-12-7-8-19(11-13-32)28(34)30-3/h5,9-10,14-16,19H,6-8,11-13,17H2,1-4H3,(H,30,34). The van der Waals surface area contributed by atoms with E-state index >= 15 is 0 Å². The van der Waals surface area contributed by atoms with Crippen molar-refractivity contribution in [1.82, 2.24) is 20.0 Å². The molecule has 2 aliphatic heterocycles. The predicted octanol–water partition coefficient (Wildman–Crippen LogP) is 4.66. The summed E-state index contributed by atoms with van der Waals surface area (Å²) in [6.07, 6.45) is 11.3. The second kappa shape index (κ2) is 10.3. The molecule has 1 aliphatic carbocycles. The van der Waals surface area contributed by atoms with Crippen LogP contribution in [0.2, 0.25) is 0 Å². The first-order valence-electron chi connectivity index (χ1n) is 12.9. The highest BCUT2D eigenvalue weighted by molar-refractivity contribution is 5.97. The van der Waals surface area contributed by atoms with Gasteiger partial charge in [-0.25, -0.2) is 4.68 Å². The number of allylic oxidation sites excluding steroid dienone is 5.